The van der Waals surface area contributed by atoms with Crippen LogP contribution in [0.2, 0.25) is 0 Å². The lowest BCUT2D eigenvalue weighted by Gasteiger charge is -2.22. The SMILES string of the molecule is CC(C)Oc1cccnc1N(C)CCCCCN. The average molecular weight is 251 g/mol. The Balaban J connectivity index is 2.57. The van der Waals surface area contributed by atoms with Crippen molar-refractivity contribution in [3.8, 4) is 5.75 Å². The van der Waals surface area contributed by atoms with Gasteiger partial charge in [0.25, 0.3) is 0 Å². The van der Waals surface area contributed by atoms with Gasteiger partial charge in [-0.05, 0) is 45.4 Å². The molecule has 4 heteroatoms. The standard InChI is InChI=1S/C14H25N3O/c1-12(2)18-13-8-7-10-16-14(13)17(3)11-6-4-5-9-15/h7-8,10,12H,4-6,9,11,15H2,1-3H3. The van der Waals surface area contributed by atoms with Gasteiger partial charge in [-0.3, -0.25) is 0 Å². The lowest BCUT2D eigenvalue weighted by molar-refractivity contribution is 0.242. The summed E-state index contributed by atoms with van der Waals surface area (Å²) >= 11 is 0. The molecule has 2 N–H and O–H groups in total. The maximum Gasteiger partial charge on any atom is 0.171 e. The molecule has 1 aromatic heterocycles. The molecule has 0 unspecified atom stereocenters. The van der Waals surface area contributed by atoms with Gasteiger partial charge in [-0.15, -0.1) is 0 Å². The van der Waals surface area contributed by atoms with Crippen LogP contribution in [0.4, 0.5) is 5.82 Å². The van der Waals surface area contributed by atoms with Crippen LogP contribution in [0.25, 0.3) is 0 Å². The normalized spacial score (nSPS) is 10.7. The van der Waals surface area contributed by atoms with Crippen molar-refractivity contribution in [3.63, 3.8) is 0 Å². The summed E-state index contributed by atoms with van der Waals surface area (Å²) in [5, 5.41) is 0. The van der Waals surface area contributed by atoms with Gasteiger partial charge < -0.3 is 15.4 Å². The van der Waals surface area contributed by atoms with Gasteiger partial charge in [-0.1, -0.05) is 6.42 Å². The maximum absolute atomic E-state index is 5.77. The van der Waals surface area contributed by atoms with Crippen molar-refractivity contribution in [1.29, 1.82) is 0 Å². The highest BCUT2D eigenvalue weighted by Crippen LogP contribution is 2.25. The van der Waals surface area contributed by atoms with E-state index in [2.05, 4.69) is 16.9 Å². The number of ether oxygens (including phenoxy) is 1. The number of unbranched alkanes of at least 4 members (excludes halogenated alkanes) is 2. The van der Waals surface area contributed by atoms with E-state index < -0.39 is 0 Å². The Morgan fingerprint density at radius 2 is 2.11 bits per heavy atom. The van der Waals surface area contributed by atoms with Crippen LogP contribution in [-0.4, -0.2) is 31.2 Å². The zero-order valence-electron chi connectivity index (χ0n) is 11.7. The van der Waals surface area contributed by atoms with Crippen molar-refractivity contribution in [2.75, 3.05) is 25.0 Å². The van der Waals surface area contributed by atoms with Gasteiger partial charge in [-0.2, -0.15) is 0 Å². The van der Waals surface area contributed by atoms with Crippen LogP contribution in [0.3, 0.4) is 0 Å². The summed E-state index contributed by atoms with van der Waals surface area (Å²) in [6.45, 7) is 5.80. The van der Waals surface area contributed by atoms with Crippen LogP contribution < -0.4 is 15.4 Å². The fourth-order valence-electron chi connectivity index (χ4n) is 1.79. The lowest BCUT2D eigenvalue weighted by atomic mass is 10.2. The molecule has 0 fully saturated rings. The van der Waals surface area contributed by atoms with Gasteiger partial charge in [0.05, 0.1) is 6.10 Å². The van der Waals surface area contributed by atoms with E-state index in [1.807, 2.05) is 26.0 Å². The van der Waals surface area contributed by atoms with Crippen molar-refractivity contribution >= 4 is 5.82 Å². The molecule has 18 heavy (non-hydrogen) atoms. The summed E-state index contributed by atoms with van der Waals surface area (Å²) in [6.07, 6.45) is 5.35. The Bertz CT molecular complexity index is 342. The number of nitrogens with two attached hydrogens (primary N) is 1. The Labute approximate surface area is 110 Å². The molecule has 1 rings (SSSR count). The minimum atomic E-state index is 0.165. The molecule has 4 nitrogen and oxygen atoms in total. The van der Waals surface area contributed by atoms with Gasteiger partial charge in [0.1, 0.15) is 0 Å². The number of rotatable bonds is 8. The van der Waals surface area contributed by atoms with E-state index in [0.29, 0.717) is 0 Å². The molecule has 0 aliphatic carbocycles. The molecule has 0 amide bonds. The summed E-state index contributed by atoms with van der Waals surface area (Å²) in [5.41, 5.74) is 5.49. The van der Waals surface area contributed by atoms with E-state index in [1.165, 1.54) is 0 Å². The molecule has 0 aromatic carbocycles. The molecule has 0 saturated carbocycles. The first kappa shape index (κ1) is 14.8. The summed E-state index contributed by atoms with van der Waals surface area (Å²) in [5.74, 6) is 1.77. The van der Waals surface area contributed by atoms with E-state index in [0.717, 1.165) is 43.9 Å². The van der Waals surface area contributed by atoms with E-state index in [1.54, 1.807) is 6.20 Å². The van der Waals surface area contributed by atoms with Crippen LogP contribution in [-0.2, 0) is 0 Å². The Kier molecular flexibility index (Phi) is 6.50. The molecular weight excluding hydrogens is 226 g/mol. The third-order valence-electron chi connectivity index (χ3n) is 2.67. The predicted molar refractivity (Wildman–Crippen MR) is 76.2 cm³/mol. The van der Waals surface area contributed by atoms with Crippen LogP contribution in [0.1, 0.15) is 33.1 Å². The molecule has 102 valence electrons. The Morgan fingerprint density at radius 3 is 2.78 bits per heavy atom. The van der Waals surface area contributed by atoms with E-state index >= 15 is 0 Å². The summed E-state index contributed by atoms with van der Waals surface area (Å²) in [4.78, 5) is 6.55. The highest BCUT2D eigenvalue weighted by Gasteiger charge is 2.10. The third-order valence-corrected chi connectivity index (χ3v) is 2.67. The monoisotopic (exact) mass is 251 g/mol. The molecule has 0 aliphatic heterocycles. The highest BCUT2D eigenvalue weighted by molar-refractivity contribution is 5.51. The smallest absolute Gasteiger partial charge is 0.171 e. The van der Waals surface area contributed by atoms with Gasteiger partial charge in [0.15, 0.2) is 11.6 Å². The minimum absolute atomic E-state index is 0.165. The average Bonchev–Trinajstić information content (AvgIpc) is 2.34. The van der Waals surface area contributed by atoms with Gasteiger partial charge in [0, 0.05) is 19.8 Å². The van der Waals surface area contributed by atoms with Crippen molar-refractivity contribution < 1.29 is 4.74 Å². The van der Waals surface area contributed by atoms with Crippen molar-refractivity contribution in [1.82, 2.24) is 4.98 Å². The number of aromatic nitrogens is 1. The minimum Gasteiger partial charge on any atom is -0.487 e. The third kappa shape index (κ3) is 4.92. The topological polar surface area (TPSA) is 51.4 Å². The number of hydrogen-bond acceptors (Lipinski definition) is 4. The molecule has 0 radical (unpaired) electrons. The van der Waals surface area contributed by atoms with E-state index in [-0.39, 0.29) is 6.10 Å². The van der Waals surface area contributed by atoms with Crippen LogP contribution in [0.15, 0.2) is 18.3 Å². The molecule has 0 atom stereocenters. The second-order valence-electron chi connectivity index (χ2n) is 4.76. The van der Waals surface area contributed by atoms with Crippen LogP contribution in [0, 0.1) is 0 Å². The Morgan fingerprint density at radius 1 is 1.33 bits per heavy atom. The number of pyridine rings is 1. The second kappa shape index (κ2) is 7.93. The molecular formula is C14H25N3O. The van der Waals surface area contributed by atoms with Crippen molar-refractivity contribution in [2.24, 2.45) is 5.73 Å². The molecule has 0 aliphatic rings. The van der Waals surface area contributed by atoms with Gasteiger partial charge in [0.2, 0.25) is 0 Å². The number of hydrogen-bond donors (Lipinski definition) is 1. The fraction of sp³-hybridized carbons (Fsp3) is 0.643. The zero-order chi connectivity index (χ0) is 13.4. The first-order valence-corrected chi connectivity index (χ1v) is 6.68. The molecule has 0 spiro atoms. The number of nitrogens with zero attached hydrogens (tertiary/aromatic N) is 2. The fourth-order valence-corrected chi connectivity index (χ4v) is 1.79. The molecule has 1 heterocycles. The van der Waals surface area contributed by atoms with E-state index in [9.17, 15) is 0 Å². The molecule has 0 bridgehead atoms. The molecule has 0 saturated heterocycles. The Hall–Kier alpha value is -1.29. The van der Waals surface area contributed by atoms with Crippen LogP contribution >= 0.6 is 0 Å². The molecule has 1 aromatic rings. The predicted octanol–water partition coefficient (Wildman–Crippen LogP) is 2.43. The zero-order valence-corrected chi connectivity index (χ0v) is 11.7. The number of anilines is 1. The van der Waals surface area contributed by atoms with Crippen molar-refractivity contribution in [3.05, 3.63) is 18.3 Å². The highest BCUT2D eigenvalue weighted by atomic mass is 16.5. The van der Waals surface area contributed by atoms with E-state index in [4.69, 9.17) is 10.5 Å². The van der Waals surface area contributed by atoms with Gasteiger partial charge in [-0.25, -0.2) is 4.98 Å². The largest absolute Gasteiger partial charge is 0.487 e. The maximum atomic E-state index is 5.77. The quantitative estimate of drug-likeness (QED) is 0.721. The van der Waals surface area contributed by atoms with Gasteiger partial charge >= 0.3 is 0 Å². The summed E-state index contributed by atoms with van der Waals surface area (Å²) in [6, 6.07) is 3.88. The summed E-state index contributed by atoms with van der Waals surface area (Å²) in [7, 11) is 2.05. The summed E-state index contributed by atoms with van der Waals surface area (Å²) < 4.78 is 5.77. The second-order valence-corrected chi connectivity index (χ2v) is 4.76. The van der Waals surface area contributed by atoms with Crippen molar-refractivity contribution in [2.45, 2.75) is 39.2 Å². The first-order chi connectivity index (χ1) is 8.65. The van der Waals surface area contributed by atoms with Crippen LogP contribution in [0.5, 0.6) is 5.75 Å². The lowest BCUT2D eigenvalue weighted by Crippen LogP contribution is -2.21. The first-order valence-electron chi connectivity index (χ1n) is 6.68.